The topological polar surface area (TPSA) is 44.1 Å². The van der Waals surface area contributed by atoms with Crippen LogP contribution in [0, 0.1) is 22.7 Å². The molecule has 0 radical (unpaired) electrons. The molecule has 16 heavy (non-hydrogen) atoms. The van der Waals surface area contributed by atoms with Crippen molar-refractivity contribution >= 4 is 5.91 Å². The largest absolute Gasteiger partial charge is 0.338 e. The van der Waals surface area contributed by atoms with Crippen molar-refractivity contribution in [2.45, 2.75) is 51.0 Å². The summed E-state index contributed by atoms with van der Waals surface area (Å²) in [5, 5.41) is 9.09. The summed E-state index contributed by atoms with van der Waals surface area (Å²) in [6.07, 6.45) is 7.77. The summed E-state index contributed by atoms with van der Waals surface area (Å²) in [7, 11) is 0. The zero-order chi connectivity index (χ0) is 11.2. The van der Waals surface area contributed by atoms with E-state index in [1.165, 1.54) is 19.3 Å². The Bertz CT molecular complexity index is 353. The average Bonchev–Trinajstić information content (AvgIpc) is 3.02. The molecule has 2 unspecified atom stereocenters. The highest BCUT2D eigenvalue weighted by atomic mass is 16.2. The third-order valence-corrected chi connectivity index (χ3v) is 4.64. The summed E-state index contributed by atoms with van der Waals surface area (Å²) >= 11 is 0. The first kappa shape index (κ1) is 10.1. The predicted octanol–water partition coefficient (Wildman–Crippen LogP) is 2.08. The molecule has 1 saturated heterocycles. The monoisotopic (exact) mass is 218 g/mol. The first-order chi connectivity index (χ1) is 7.77. The minimum atomic E-state index is -0.605. The lowest BCUT2D eigenvalue weighted by atomic mass is 9.85. The zero-order valence-electron chi connectivity index (χ0n) is 9.61. The number of carbonyl (C=O) groups excluding carboxylic acids is 1. The molecule has 0 N–H and O–H groups in total. The van der Waals surface area contributed by atoms with Gasteiger partial charge in [-0.1, -0.05) is 12.8 Å². The number of nitriles is 1. The van der Waals surface area contributed by atoms with E-state index in [4.69, 9.17) is 5.26 Å². The first-order valence-corrected chi connectivity index (χ1v) is 6.49. The molecule has 1 aliphatic heterocycles. The molecule has 3 heteroatoms. The molecule has 2 saturated carbocycles. The van der Waals surface area contributed by atoms with Gasteiger partial charge in [-0.15, -0.1) is 0 Å². The lowest BCUT2D eigenvalue weighted by Gasteiger charge is -2.32. The van der Waals surface area contributed by atoms with E-state index in [9.17, 15) is 4.79 Å². The summed E-state index contributed by atoms with van der Waals surface area (Å²) in [6, 6.07) is 2.70. The number of carbonyl (C=O) groups is 1. The molecule has 3 fully saturated rings. The third-order valence-electron chi connectivity index (χ3n) is 4.64. The number of likely N-dealkylation sites (tertiary alicyclic amines) is 1. The highest BCUT2D eigenvalue weighted by Gasteiger charge is 2.55. The molecular formula is C13H18N2O. The van der Waals surface area contributed by atoms with Crippen LogP contribution < -0.4 is 0 Å². The summed E-state index contributed by atoms with van der Waals surface area (Å²) in [5.41, 5.74) is -0.605. The average molecular weight is 218 g/mol. The van der Waals surface area contributed by atoms with Crippen LogP contribution in [0.1, 0.15) is 44.9 Å². The molecule has 3 nitrogen and oxygen atoms in total. The highest BCUT2D eigenvalue weighted by molar-refractivity contribution is 5.88. The highest BCUT2D eigenvalue weighted by Crippen LogP contribution is 2.49. The van der Waals surface area contributed by atoms with Crippen LogP contribution >= 0.6 is 0 Å². The number of rotatable bonds is 1. The summed E-state index contributed by atoms with van der Waals surface area (Å²) in [6.45, 7) is 0.900. The summed E-state index contributed by atoms with van der Waals surface area (Å²) in [5.74, 6) is 0.872. The van der Waals surface area contributed by atoms with Gasteiger partial charge in [-0.05, 0) is 38.0 Å². The van der Waals surface area contributed by atoms with E-state index in [0.29, 0.717) is 6.04 Å². The Kier molecular flexibility index (Phi) is 2.20. The standard InChI is InChI=1S/C13H18N2O/c14-9-13(6-7-13)12(16)15-8-5-10-3-1-2-4-11(10)15/h10-11H,1-8H2. The fraction of sp³-hybridized carbons (Fsp3) is 0.846. The summed E-state index contributed by atoms with van der Waals surface area (Å²) < 4.78 is 0. The lowest BCUT2D eigenvalue weighted by molar-refractivity contribution is -0.136. The van der Waals surface area contributed by atoms with E-state index in [2.05, 4.69) is 6.07 Å². The van der Waals surface area contributed by atoms with Crippen molar-refractivity contribution in [2.24, 2.45) is 11.3 Å². The molecule has 2 atom stereocenters. The van der Waals surface area contributed by atoms with Crippen molar-refractivity contribution in [2.75, 3.05) is 6.54 Å². The van der Waals surface area contributed by atoms with Gasteiger partial charge in [-0.2, -0.15) is 5.26 Å². The van der Waals surface area contributed by atoms with Crippen LogP contribution in [0.5, 0.6) is 0 Å². The Balaban J connectivity index is 1.76. The molecule has 1 heterocycles. The maximum Gasteiger partial charge on any atom is 0.243 e. The summed E-state index contributed by atoms with van der Waals surface area (Å²) in [4.78, 5) is 14.4. The predicted molar refractivity (Wildman–Crippen MR) is 59.4 cm³/mol. The van der Waals surface area contributed by atoms with Crippen molar-refractivity contribution in [3.8, 4) is 6.07 Å². The van der Waals surface area contributed by atoms with Gasteiger partial charge in [0, 0.05) is 12.6 Å². The van der Waals surface area contributed by atoms with Gasteiger partial charge in [-0.25, -0.2) is 0 Å². The molecule has 3 rings (SSSR count). The maximum atomic E-state index is 12.3. The van der Waals surface area contributed by atoms with E-state index in [0.717, 1.165) is 38.1 Å². The first-order valence-electron chi connectivity index (χ1n) is 6.49. The molecule has 2 aliphatic carbocycles. The number of amides is 1. The van der Waals surface area contributed by atoms with Gasteiger partial charge in [-0.3, -0.25) is 4.79 Å². The van der Waals surface area contributed by atoms with Crippen molar-refractivity contribution in [3.63, 3.8) is 0 Å². The van der Waals surface area contributed by atoms with E-state index >= 15 is 0 Å². The molecule has 0 spiro atoms. The molecule has 3 aliphatic rings. The van der Waals surface area contributed by atoms with Crippen LogP contribution in [0.15, 0.2) is 0 Å². The van der Waals surface area contributed by atoms with Crippen molar-refractivity contribution < 1.29 is 4.79 Å². The van der Waals surface area contributed by atoms with Crippen LogP contribution in [0.3, 0.4) is 0 Å². The van der Waals surface area contributed by atoms with Crippen LogP contribution in [-0.2, 0) is 4.79 Å². The molecule has 0 aromatic heterocycles. The maximum absolute atomic E-state index is 12.3. The normalized spacial score (nSPS) is 35.3. The van der Waals surface area contributed by atoms with Crippen molar-refractivity contribution in [1.29, 1.82) is 5.26 Å². The molecule has 0 aromatic rings. The quantitative estimate of drug-likeness (QED) is 0.676. The lowest BCUT2D eigenvalue weighted by Crippen LogP contribution is -2.42. The Morgan fingerprint density at radius 3 is 2.69 bits per heavy atom. The minimum absolute atomic E-state index is 0.143. The second-order valence-electron chi connectivity index (χ2n) is 5.59. The third kappa shape index (κ3) is 1.36. The zero-order valence-corrected chi connectivity index (χ0v) is 9.61. The van der Waals surface area contributed by atoms with Gasteiger partial charge < -0.3 is 4.90 Å². The Labute approximate surface area is 96.4 Å². The Morgan fingerprint density at radius 1 is 1.25 bits per heavy atom. The van der Waals surface area contributed by atoms with Crippen LogP contribution in [0.2, 0.25) is 0 Å². The number of nitrogens with zero attached hydrogens (tertiary/aromatic N) is 2. The van der Waals surface area contributed by atoms with Gasteiger partial charge in [0.2, 0.25) is 5.91 Å². The van der Waals surface area contributed by atoms with Crippen LogP contribution in [-0.4, -0.2) is 23.4 Å². The molecule has 86 valence electrons. The molecule has 0 bridgehead atoms. The van der Waals surface area contributed by atoms with Crippen molar-refractivity contribution in [3.05, 3.63) is 0 Å². The molecule has 0 aromatic carbocycles. The van der Waals surface area contributed by atoms with Gasteiger partial charge in [0.25, 0.3) is 0 Å². The minimum Gasteiger partial charge on any atom is -0.338 e. The SMILES string of the molecule is N#CC1(C(=O)N2CCC3CCCCC32)CC1. The van der Waals surface area contributed by atoms with Crippen molar-refractivity contribution in [1.82, 2.24) is 4.90 Å². The number of fused-ring (bicyclic) bond motifs is 1. The van der Waals surface area contributed by atoms with E-state index in [-0.39, 0.29) is 5.91 Å². The van der Waals surface area contributed by atoms with E-state index < -0.39 is 5.41 Å². The fourth-order valence-corrected chi connectivity index (χ4v) is 3.43. The van der Waals surface area contributed by atoms with E-state index in [1.54, 1.807) is 0 Å². The van der Waals surface area contributed by atoms with Crippen LogP contribution in [0.25, 0.3) is 0 Å². The molecular weight excluding hydrogens is 200 g/mol. The Hall–Kier alpha value is -1.04. The van der Waals surface area contributed by atoms with Gasteiger partial charge in [0.15, 0.2) is 0 Å². The molecule has 1 amide bonds. The number of hydrogen-bond donors (Lipinski definition) is 0. The second-order valence-corrected chi connectivity index (χ2v) is 5.59. The van der Waals surface area contributed by atoms with Gasteiger partial charge in [0.05, 0.1) is 6.07 Å². The second kappa shape index (κ2) is 3.48. The Morgan fingerprint density at radius 2 is 2.00 bits per heavy atom. The van der Waals surface area contributed by atoms with Crippen LogP contribution in [0.4, 0.5) is 0 Å². The van der Waals surface area contributed by atoms with Gasteiger partial charge >= 0.3 is 0 Å². The number of hydrogen-bond acceptors (Lipinski definition) is 2. The smallest absolute Gasteiger partial charge is 0.243 e. The van der Waals surface area contributed by atoms with Gasteiger partial charge in [0.1, 0.15) is 5.41 Å². The van der Waals surface area contributed by atoms with E-state index in [1.807, 2.05) is 4.90 Å². The fourth-order valence-electron chi connectivity index (χ4n) is 3.43.